The summed E-state index contributed by atoms with van der Waals surface area (Å²) in [6.45, 7) is -0.377. The van der Waals surface area contributed by atoms with E-state index in [4.69, 9.17) is 9.47 Å². The van der Waals surface area contributed by atoms with Gasteiger partial charge in [0.2, 0.25) is 0 Å². The lowest BCUT2D eigenvalue weighted by Crippen LogP contribution is -2.37. The molecule has 2 saturated heterocycles. The van der Waals surface area contributed by atoms with Crippen molar-refractivity contribution in [3.05, 3.63) is 65.7 Å². The van der Waals surface area contributed by atoms with E-state index in [0.29, 0.717) is 0 Å². The van der Waals surface area contributed by atoms with E-state index in [9.17, 15) is 53.4 Å². The van der Waals surface area contributed by atoms with Gasteiger partial charge >= 0.3 is 27.0 Å². The third-order valence-electron chi connectivity index (χ3n) is 6.13. The van der Waals surface area contributed by atoms with Crippen LogP contribution in [-0.4, -0.2) is 87.9 Å². The maximum absolute atomic E-state index is 12.3. The normalized spacial score (nSPS) is 31.1. The fourth-order valence-electron chi connectivity index (χ4n) is 4.07. The number of aromatic nitrogens is 4. The second kappa shape index (κ2) is 12.0. The summed E-state index contributed by atoms with van der Waals surface area (Å²) in [6, 6.07) is 0.947. The molecule has 228 valence electrons. The molecular weight excluding hydrogens is 602 g/mol. The summed E-state index contributed by atoms with van der Waals surface area (Å²) in [5.74, 6) is 0. The molecule has 0 aromatic carbocycles. The van der Waals surface area contributed by atoms with Crippen LogP contribution in [0.2, 0.25) is 0 Å². The third-order valence-corrected chi connectivity index (χ3v) is 8.73. The van der Waals surface area contributed by atoms with Crippen LogP contribution in [0.25, 0.3) is 0 Å². The molecule has 2 fully saturated rings. The van der Waals surface area contributed by atoms with Crippen molar-refractivity contribution < 1.29 is 57.1 Å². The Morgan fingerprint density at radius 1 is 0.927 bits per heavy atom. The molecule has 2 aliphatic rings. The van der Waals surface area contributed by atoms with E-state index in [-0.39, 0.29) is 12.0 Å². The number of aliphatic hydroxyl groups is 3. The second-order valence-corrected chi connectivity index (χ2v) is 12.1. The van der Waals surface area contributed by atoms with Crippen LogP contribution < -0.4 is 22.5 Å². The molecule has 4 rings (SSSR count). The Balaban J connectivity index is 1.31. The third kappa shape index (κ3) is 7.26. The smallest absolute Gasteiger partial charge is 0.390 e. The highest BCUT2D eigenvalue weighted by atomic mass is 31.3. The number of aliphatic hydroxyl groups excluding tert-OH is 3. The molecule has 2 unspecified atom stereocenters. The highest BCUT2D eigenvalue weighted by Crippen LogP contribution is 2.60. The fourth-order valence-corrected chi connectivity index (χ4v) is 6.16. The summed E-state index contributed by atoms with van der Waals surface area (Å²) >= 11 is 0. The van der Waals surface area contributed by atoms with E-state index < -0.39 is 94.3 Å². The van der Waals surface area contributed by atoms with Crippen LogP contribution in [0.15, 0.2) is 37.6 Å². The summed E-state index contributed by atoms with van der Waals surface area (Å²) in [4.78, 5) is 70.5. The summed E-state index contributed by atoms with van der Waals surface area (Å²) in [5.41, 5.74) is -2.97. The number of phosphoric ester groups is 2. The molecule has 9 atom stereocenters. The molecular formula is C19H26N4O16P2. The molecule has 7 N–H and O–H groups in total. The Labute approximate surface area is 227 Å². The van der Waals surface area contributed by atoms with Gasteiger partial charge in [0.1, 0.15) is 30.6 Å². The summed E-state index contributed by atoms with van der Waals surface area (Å²) in [5, 5.41) is 30.6. The van der Waals surface area contributed by atoms with Gasteiger partial charge in [0, 0.05) is 30.4 Å². The zero-order chi connectivity index (χ0) is 30.3. The molecule has 4 heterocycles. The van der Waals surface area contributed by atoms with Gasteiger partial charge in [-0.05, 0) is 6.92 Å². The topological polar surface area (TPSA) is 291 Å². The highest BCUT2D eigenvalue weighted by Gasteiger charge is 2.46. The number of H-pyrrole nitrogens is 2. The van der Waals surface area contributed by atoms with Crippen molar-refractivity contribution in [3.63, 3.8) is 0 Å². The van der Waals surface area contributed by atoms with Crippen LogP contribution in [0.3, 0.4) is 0 Å². The minimum Gasteiger partial charge on any atom is -0.390 e. The monoisotopic (exact) mass is 628 g/mol. The number of aryl methyl sites for hydroxylation is 1. The lowest BCUT2D eigenvalue weighted by molar-refractivity contribution is -0.0551. The van der Waals surface area contributed by atoms with E-state index in [2.05, 4.69) is 18.3 Å². The Hall–Kier alpha value is -2.58. The Morgan fingerprint density at radius 2 is 1.54 bits per heavy atom. The number of phosphoric acid groups is 2. The van der Waals surface area contributed by atoms with Gasteiger partial charge in [-0.15, -0.1) is 0 Å². The lowest BCUT2D eigenvalue weighted by atomic mass is 10.1. The Bertz CT molecular complexity index is 1600. The van der Waals surface area contributed by atoms with Crippen molar-refractivity contribution >= 4 is 15.6 Å². The van der Waals surface area contributed by atoms with Gasteiger partial charge in [-0.2, -0.15) is 4.31 Å². The summed E-state index contributed by atoms with van der Waals surface area (Å²) < 4.78 is 50.5. The van der Waals surface area contributed by atoms with E-state index in [0.717, 1.165) is 21.4 Å². The minimum atomic E-state index is -5.38. The van der Waals surface area contributed by atoms with Gasteiger partial charge in [0.05, 0.1) is 19.3 Å². The number of aromatic amines is 2. The Morgan fingerprint density at radius 3 is 2.17 bits per heavy atom. The van der Waals surface area contributed by atoms with Gasteiger partial charge in [-0.25, -0.2) is 18.7 Å². The first-order chi connectivity index (χ1) is 19.1. The zero-order valence-electron chi connectivity index (χ0n) is 20.9. The van der Waals surface area contributed by atoms with Crippen LogP contribution in [0.1, 0.15) is 24.4 Å². The van der Waals surface area contributed by atoms with E-state index in [1.807, 2.05) is 4.98 Å². The van der Waals surface area contributed by atoms with Gasteiger partial charge in [0.15, 0.2) is 6.23 Å². The Kier molecular flexibility index (Phi) is 9.15. The minimum absolute atomic E-state index is 0.167. The van der Waals surface area contributed by atoms with E-state index in [1.165, 1.54) is 13.1 Å². The maximum atomic E-state index is 12.3. The molecule has 20 nitrogen and oxygen atoms in total. The number of hydrogen-bond acceptors (Lipinski definition) is 14. The van der Waals surface area contributed by atoms with Crippen LogP contribution >= 0.6 is 15.6 Å². The highest BCUT2D eigenvalue weighted by molar-refractivity contribution is 7.61. The maximum Gasteiger partial charge on any atom is 0.481 e. The number of hydrogen-bond donors (Lipinski definition) is 7. The zero-order valence-corrected chi connectivity index (χ0v) is 22.7. The van der Waals surface area contributed by atoms with Gasteiger partial charge in [-0.1, -0.05) is 0 Å². The van der Waals surface area contributed by atoms with Gasteiger partial charge in [-0.3, -0.25) is 37.7 Å². The molecule has 0 spiro atoms. The van der Waals surface area contributed by atoms with Crippen molar-refractivity contribution in [3.8, 4) is 0 Å². The largest absolute Gasteiger partial charge is 0.481 e. The SMILES string of the molecule is Cc1cn([C@H]2C[C@H](O)[C@@H](COP(=O)(O)OP(=O)(O)OC[C@H]3O[C@@H](n4ccc(=O)[nH]c4=O)[C@H](O)[C@@H]3O)O2)c(=O)[nH]c1=O. The number of rotatable bonds is 10. The molecule has 0 saturated carbocycles. The van der Waals surface area contributed by atoms with Crippen LogP contribution in [0.5, 0.6) is 0 Å². The summed E-state index contributed by atoms with van der Waals surface area (Å²) in [7, 11) is -10.7. The lowest BCUT2D eigenvalue weighted by Gasteiger charge is -2.21. The van der Waals surface area contributed by atoms with Crippen molar-refractivity contribution in [1.82, 2.24) is 19.1 Å². The van der Waals surface area contributed by atoms with Gasteiger partial charge < -0.3 is 34.6 Å². The van der Waals surface area contributed by atoms with E-state index >= 15 is 0 Å². The quantitative estimate of drug-likeness (QED) is 0.128. The first kappa shape index (κ1) is 31.4. The van der Waals surface area contributed by atoms with Gasteiger partial charge in [0.25, 0.3) is 11.1 Å². The number of ether oxygens (including phenoxy) is 2. The second-order valence-electron chi connectivity index (χ2n) is 9.08. The number of nitrogens with one attached hydrogen (secondary N) is 2. The standard InChI is InChI=1S/C19H26N4O16P2/c1-8-5-23(19(30)21-16(8)28)13-4-9(24)10(37-13)6-35-40(31,32)39-41(33,34)36-7-11-14(26)15(27)17(38-11)22-3-2-12(25)20-18(22)29/h2-3,5,9-11,13-15,17,24,26-27H,4,6-7H2,1H3,(H,31,32)(H,33,34)(H,20,25,29)(H,21,28,30)/t9-,10+,11+,13+,14+,15+,17+/m0/s1. The first-order valence-electron chi connectivity index (χ1n) is 11.7. The van der Waals surface area contributed by atoms with Crippen molar-refractivity contribution in [2.45, 2.75) is 56.3 Å². The molecule has 41 heavy (non-hydrogen) atoms. The molecule has 2 aliphatic heterocycles. The van der Waals surface area contributed by atoms with Crippen molar-refractivity contribution in [2.24, 2.45) is 0 Å². The average Bonchev–Trinajstić information content (AvgIpc) is 3.37. The van der Waals surface area contributed by atoms with Crippen LogP contribution in [0, 0.1) is 6.92 Å². The predicted molar refractivity (Wildman–Crippen MR) is 130 cm³/mol. The fraction of sp³-hybridized carbons (Fsp3) is 0.579. The van der Waals surface area contributed by atoms with Crippen LogP contribution in [-0.2, 0) is 32.0 Å². The molecule has 0 aliphatic carbocycles. The average molecular weight is 628 g/mol. The van der Waals surface area contributed by atoms with Crippen LogP contribution in [0.4, 0.5) is 0 Å². The summed E-state index contributed by atoms with van der Waals surface area (Å²) in [6.07, 6.45) is -8.21. The predicted octanol–water partition coefficient (Wildman–Crippen LogP) is -3.09. The van der Waals surface area contributed by atoms with Crippen molar-refractivity contribution in [2.75, 3.05) is 13.2 Å². The molecule has 0 amide bonds. The van der Waals surface area contributed by atoms with Crippen molar-refractivity contribution in [1.29, 1.82) is 0 Å². The molecule has 22 heteroatoms. The molecule has 2 aromatic rings. The number of nitrogens with zero attached hydrogens (tertiary/aromatic N) is 2. The van der Waals surface area contributed by atoms with E-state index in [1.54, 1.807) is 0 Å². The molecule has 0 radical (unpaired) electrons. The first-order valence-corrected chi connectivity index (χ1v) is 14.7. The molecule has 2 aromatic heterocycles. The molecule has 0 bridgehead atoms.